The molecule has 4 rings (SSSR count). The summed E-state index contributed by atoms with van der Waals surface area (Å²) in [5, 5.41) is 10.3. The van der Waals surface area contributed by atoms with E-state index >= 15 is 0 Å². The highest BCUT2D eigenvalue weighted by molar-refractivity contribution is 5.61. The number of aliphatic hydroxyl groups is 1. The van der Waals surface area contributed by atoms with Gasteiger partial charge in [-0.3, -0.25) is 0 Å². The molecule has 4 aliphatic rings. The SMILES string of the molecule is COC(=O)O[C@@H]1CC2=CC=C3[C@@H]4CC[C@H]([C@@H](C)[C@H](C)CCC(C)(C)O)[C@@]4(C)CC[C@@H]3[C@@]2(C)[C@@H](OC(=O)OC)C1. The molecule has 3 fully saturated rings. The molecule has 0 amide bonds. The van der Waals surface area contributed by atoms with Crippen LogP contribution in [0.2, 0.25) is 0 Å². The predicted molar refractivity (Wildman–Crippen MR) is 149 cm³/mol. The largest absolute Gasteiger partial charge is 0.508 e. The van der Waals surface area contributed by atoms with E-state index in [0.717, 1.165) is 31.3 Å². The van der Waals surface area contributed by atoms with Crippen LogP contribution in [0.25, 0.3) is 0 Å². The van der Waals surface area contributed by atoms with Gasteiger partial charge in [0.2, 0.25) is 0 Å². The second-order valence-corrected chi connectivity index (χ2v) is 13.9. The van der Waals surface area contributed by atoms with E-state index < -0.39 is 30.1 Å². The van der Waals surface area contributed by atoms with E-state index in [4.69, 9.17) is 18.9 Å². The summed E-state index contributed by atoms with van der Waals surface area (Å²) in [4.78, 5) is 24.2. The molecule has 0 aromatic heterocycles. The molecule has 0 heterocycles. The third kappa shape index (κ3) is 5.62. The number of methoxy groups -OCH3 is 2. The monoisotopic (exact) mass is 546 g/mol. The third-order valence-electron chi connectivity index (χ3n) is 11.3. The maximum absolute atomic E-state index is 12.3. The van der Waals surface area contributed by atoms with E-state index in [1.807, 2.05) is 13.8 Å². The second-order valence-electron chi connectivity index (χ2n) is 13.9. The molecule has 0 saturated heterocycles. The Hall–Kier alpha value is -2.02. The van der Waals surface area contributed by atoms with Crippen LogP contribution in [-0.2, 0) is 18.9 Å². The zero-order valence-corrected chi connectivity index (χ0v) is 25.2. The van der Waals surface area contributed by atoms with Crippen molar-refractivity contribution in [3.8, 4) is 0 Å². The number of hydrogen-bond donors (Lipinski definition) is 1. The van der Waals surface area contributed by atoms with Crippen molar-refractivity contribution in [3.63, 3.8) is 0 Å². The maximum Gasteiger partial charge on any atom is 0.508 e. The molecular weight excluding hydrogens is 496 g/mol. The minimum absolute atomic E-state index is 0.232. The fraction of sp³-hybridized carbons (Fsp3) is 0.812. The molecule has 7 nitrogen and oxygen atoms in total. The van der Waals surface area contributed by atoms with Crippen LogP contribution in [0.3, 0.4) is 0 Å². The van der Waals surface area contributed by atoms with Gasteiger partial charge in [-0.2, -0.15) is 0 Å². The zero-order valence-electron chi connectivity index (χ0n) is 25.2. The molecule has 39 heavy (non-hydrogen) atoms. The second kappa shape index (κ2) is 11.1. The summed E-state index contributed by atoms with van der Waals surface area (Å²) < 4.78 is 21.1. The molecular formula is C32H50O7. The fourth-order valence-electron chi connectivity index (χ4n) is 8.76. The fourth-order valence-corrected chi connectivity index (χ4v) is 8.76. The maximum atomic E-state index is 12.3. The number of fused-ring (bicyclic) bond motifs is 5. The molecule has 220 valence electrons. The van der Waals surface area contributed by atoms with E-state index in [-0.39, 0.29) is 16.7 Å². The van der Waals surface area contributed by atoms with Gasteiger partial charge < -0.3 is 24.1 Å². The number of carbonyl (C=O) groups is 2. The lowest BCUT2D eigenvalue weighted by Crippen LogP contribution is -2.54. The number of rotatable bonds is 7. The lowest BCUT2D eigenvalue weighted by atomic mass is 9.49. The van der Waals surface area contributed by atoms with Crippen molar-refractivity contribution in [1.82, 2.24) is 0 Å². The molecule has 0 spiro atoms. The molecule has 0 aromatic carbocycles. The van der Waals surface area contributed by atoms with Gasteiger partial charge in [-0.05, 0) is 87.4 Å². The Bertz CT molecular complexity index is 993. The summed E-state index contributed by atoms with van der Waals surface area (Å²) >= 11 is 0. The van der Waals surface area contributed by atoms with Gasteiger partial charge in [-0.15, -0.1) is 0 Å². The molecule has 0 aromatic rings. The van der Waals surface area contributed by atoms with Crippen molar-refractivity contribution in [3.05, 3.63) is 23.3 Å². The standard InChI is InChI=1S/C32H50O7/c1-19(13-15-30(3,4)35)20(2)24-11-12-25-23-10-9-21-17-22(38-28(33)36-7)18-27(39-29(34)37-8)32(21,6)26(23)14-16-31(24,25)5/h9-10,19-20,22,24-27,35H,11-18H2,1-8H3/t19-,20+,22-,24-,25+,26+,27+,31-,32+/m1/s1. The highest BCUT2D eigenvalue weighted by Gasteiger charge is 2.60. The third-order valence-corrected chi connectivity index (χ3v) is 11.3. The van der Waals surface area contributed by atoms with Gasteiger partial charge in [0.1, 0.15) is 12.2 Å². The van der Waals surface area contributed by atoms with Gasteiger partial charge in [-0.1, -0.05) is 51.0 Å². The Labute approximate surface area is 234 Å². The van der Waals surface area contributed by atoms with E-state index in [1.54, 1.807) is 0 Å². The summed E-state index contributed by atoms with van der Waals surface area (Å²) in [6, 6.07) is 0. The summed E-state index contributed by atoms with van der Waals surface area (Å²) in [7, 11) is 2.63. The zero-order chi connectivity index (χ0) is 28.8. The number of ether oxygens (including phenoxy) is 4. The molecule has 0 aliphatic heterocycles. The van der Waals surface area contributed by atoms with Crippen LogP contribution >= 0.6 is 0 Å². The minimum Gasteiger partial charge on any atom is -0.438 e. The minimum atomic E-state index is -0.718. The first kappa shape index (κ1) is 30.0. The lowest BCUT2D eigenvalue weighted by Gasteiger charge is -2.57. The average Bonchev–Trinajstić information content (AvgIpc) is 3.24. The van der Waals surface area contributed by atoms with Crippen molar-refractivity contribution < 1.29 is 33.6 Å². The molecule has 0 bridgehead atoms. The summed E-state index contributed by atoms with van der Waals surface area (Å²) in [5.41, 5.74) is 1.90. The first-order valence-corrected chi connectivity index (χ1v) is 14.9. The molecule has 9 atom stereocenters. The quantitative estimate of drug-likeness (QED) is 0.337. The number of allylic oxidation sites excluding steroid dienone is 3. The van der Waals surface area contributed by atoms with E-state index in [2.05, 4.69) is 39.8 Å². The molecule has 3 saturated carbocycles. The number of carbonyl (C=O) groups excluding carboxylic acids is 2. The first-order chi connectivity index (χ1) is 18.2. The van der Waals surface area contributed by atoms with Crippen molar-refractivity contribution in [2.75, 3.05) is 14.2 Å². The van der Waals surface area contributed by atoms with Gasteiger partial charge in [0, 0.05) is 18.3 Å². The van der Waals surface area contributed by atoms with Crippen LogP contribution in [0.15, 0.2) is 23.3 Å². The van der Waals surface area contributed by atoms with E-state index in [1.165, 1.54) is 32.6 Å². The van der Waals surface area contributed by atoms with Gasteiger partial charge in [0.05, 0.1) is 19.8 Å². The highest BCUT2D eigenvalue weighted by atomic mass is 16.7. The molecule has 0 unspecified atom stereocenters. The van der Waals surface area contributed by atoms with Crippen molar-refractivity contribution in [2.24, 2.45) is 40.4 Å². The highest BCUT2D eigenvalue weighted by Crippen LogP contribution is 2.66. The Morgan fingerprint density at radius 2 is 1.69 bits per heavy atom. The Balaban J connectivity index is 1.60. The van der Waals surface area contributed by atoms with Crippen LogP contribution in [0.1, 0.15) is 92.9 Å². The van der Waals surface area contributed by atoms with Crippen LogP contribution in [0.4, 0.5) is 9.59 Å². The normalized spacial score (nSPS) is 37.2. The van der Waals surface area contributed by atoms with Crippen molar-refractivity contribution >= 4 is 12.3 Å². The van der Waals surface area contributed by atoms with Crippen LogP contribution in [0.5, 0.6) is 0 Å². The molecule has 7 heteroatoms. The van der Waals surface area contributed by atoms with Gasteiger partial charge in [0.15, 0.2) is 0 Å². The molecule has 0 radical (unpaired) electrons. The lowest BCUT2D eigenvalue weighted by molar-refractivity contribution is -0.0835. The van der Waals surface area contributed by atoms with E-state index in [9.17, 15) is 14.7 Å². The van der Waals surface area contributed by atoms with Crippen molar-refractivity contribution in [2.45, 2.75) is 111 Å². The van der Waals surface area contributed by atoms with E-state index in [0.29, 0.717) is 36.5 Å². The molecule has 1 N–H and O–H groups in total. The van der Waals surface area contributed by atoms with Gasteiger partial charge in [0.25, 0.3) is 0 Å². The van der Waals surface area contributed by atoms with Gasteiger partial charge >= 0.3 is 12.3 Å². The predicted octanol–water partition coefficient (Wildman–Crippen LogP) is 7.22. The summed E-state index contributed by atoms with van der Waals surface area (Å²) in [6.45, 7) is 13.3. The smallest absolute Gasteiger partial charge is 0.438 e. The van der Waals surface area contributed by atoms with Crippen LogP contribution in [0, 0.1) is 40.4 Å². The summed E-state index contributed by atoms with van der Waals surface area (Å²) in [5.74, 6) is 2.56. The molecule has 4 aliphatic carbocycles. The van der Waals surface area contributed by atoms with Crippen LogP contribution in [-0.4, -0.2) is 49.4 Å². The first-order valence-electron chi connectivity index (χ1n) is 14.9. The average molecular weight is 547 g/mol. The Morgan fingerprint density at radius 3 is 2.33 bits per heavy atom. The summed E-state index contributed by atoms with van der Waals surface area (Å²) in [6.07, 6.45) is 9.72. The van der Waals surface area contributed by atoms with Gasteiger partial charge in [-0.25, -0.2) is 9.59 Å². The number of hydrogen-bond acceptors (Lipinski definition) is 7. The Morgan fingerprint density at radius 1 is 1.03 bits per heavy atom. The van der Waals surface area contributed by atoms with Crippen molar-refractivity contribution in [1.29, 1.82) is 0 Å². The van der Waals surface area contributed by atoms with Crippen LogP contribution < -0.4 is 0 Å². The topological polar surface area (TPSA) is 91.3 Å². The Kier molecular flexibility index (Phi) is 8.52.